The molecule has 2 atom stereocenters. The lowest BCUT2D eigenvalue weighted by Crippen LogP contribution is -2.41. The lowest BCUT2D eigenvalue weighted by Gasteiger charge is -2.33. The smallest absolute Gasteiger partial charge is 0.304 e. The van der Waals surface area contributed by atoms with Crippen molar-refractivity contribution >= 4 is 17.0 Å². The second kappa shape index (κ2) is 9.81. The summed E-state index contributed by atoms with van der Waals surface area (Å²) in [5, 5.41) is 8.88. The van der Waals surface area contributed by atoms with Gasteiger partial charge in [0.2, 0.25) is 0 Å². The van der Waals surface area contributed by atoms with Crippen molar-refractivity contribution < 1.29 is 14.1 Å². The Morgan fingerprint density at radius 3 is 2.11 bits per heavy atom. The highest BCUT2D eigenvalue weighted by atomic mass is 32.2. The van der Waals surface area contributed by atoms with Gasteiger partial charge in [-0.15, -0.1) is 0 Å². The highest BCUT2D eigenvalue weighted by Crippen LogP contribution is 2.25. The Morgan fingerprint density at radius 1 is 1.00 bits per heavy atom. The summed E-state index contributed by atoms with van der Waals surface area (Å²) in [6.45, 7) is 1.55. The SMILES string of the molecule is O=C(O)CC(Cc1ccccc1)S(=O)N1CCC(Cc2ccccc2)CC1. The van der Waals surface area contributed by atoms with Gasteiger partial charge in [-0.25, -0.2) is 8.51 Å². The first kappa shape index (κ1) is 19.8. The Morgan fingerprint density at radius 2 is 1.56 bits per heavy atom. The average molecular weight is 386 g/mol. The van der Waals surface area contributed by atoms with E-state index in [2.05, 4.69) is 24.3 Å². The van der Waals surface area contributed by atoms with Gasteiger partial charge in [-0.2, -0.15) is 0 Å². The van der Waals surface area contributed by atoms with Crippen molar-refractivity contribution in [2.24, 2.45) is 5.92 Å². The molecule has 3 rings (SSSR count). The van der Waals surface area contributed by atoms with E-state index in [9.17, 15) is 14.1 Å². The molecule has 2 aromatic carbocycles. The maximum atomic E-state index is 13.1. The van der Waals surface area contributed by atoms with E-state index in [4.69, 9.17) is 0 Å². The first-order valence-electron chi connectivity index (χ1n) is 9.57. The third-order valence-electron chi connectivity index (χ3n) is 5.19. The van der Waals surface area contributed by atoms with Gasteiger partial charge >= 0.3 is 5.97 Å². The van der Waals surface area contributed by atoms with Crippen LogP contribution in [-0.2, 0) is 28.6 Å². The molecule has 27 heavy (non-hydrogen) atoms. The third-order valence-corrected chi connectivity index (χ3v) is 6.97. The number of hydrogen-bond acceptors (Lipinski definition) is 2. The molecule has 0 aromatic heterocycles. The molecular weight excluding hydrogens is 358 g/mol. The molecule has 2 unspecified atom stereocenters. The third kappa shape index (κ3) is 6.01. The number of rotatable bonds is 8. The number of carboxylic acid groups (broad SMARTS) is 1. The molecule has 0 radical (unpaired) electrons. The minimum absolute atomic E-state index is 0.0640. The molecule has 0 amide bonds. The van der Waals surface area contributed by atoms with E-state index in [0.29, 0.717) is 12.3 Å². The zero-order chi connectivity index (χ0) is 19.1. The van der Waals surface area contributed by atoms with E-state index < -0.39 is 17.0 Å². The Balaban J connectivity index is 1.57. The van der Waals surface area contributed by atoms with E-state index >= 15 is 0 Å². The summed E-state index contributed by atoms with van der Waals surface area (Å²) in [6.07, 6.45) is 3.54. The molecular formula is C22H27NO3S. The van der Waals surface area contributed by atoms with Crippen LogP contribution in [0.15, 0.2) is 60.7 Å². The van der Waals surface area contributed by atoms with Crippen LogP contribution in [0.3, 0.4) is 0 Å². The van der Waals surface area contributed by atoms with Crippen molar-refractivity contribution in [2.75, 3.05) is 13.1 Å². The molecule has 1 fully saturated rings. The van der Waals surface area contributed by atoms with Crippen molar-refractivity contribution in [2.45, 2.75) is 37.4 Å². The summed E-state index contributed by atoms with van der Waals surface area (Å²) in [7, 11) is -1.27. The fourth-order valence-electron chi connectivity index (χ4n) is 3.74. The summed E-state index contributed by atoms with van der Waals surface area (Å²) in [5.74, 6) is -0.282. The van der Waals surface area contributed by atoms with Crippen LogP contribution in [0.4, 0.5) is 0 Å². The van der Waals surface area contributed by atoms with Crippen LogP contribution < -0.4 is 0 Å². The van der Waals surface area contributed by atoms with Crippen LogP contribution in [0.5, 0.6) is 0 Å². The van der Waals surface area contributed by atoms with Crippen molar-refractivity contribution in [3.05, 3.63) is 71.8 Å². The summed E-state index contributed by atoms with van der Waals surface area (Å²) in [4.78, 5) is 11.3. The fourth-order valence-corrected chi connectivity index (χ4v) is 5.35. The van der Waals surface area contributed by atoms with E-state index in [0.717, 1.165) is 37.9 Å². The van der Waals surface area contributed by atoms with Gasteiger partial charge < -0.3 is 5.11 Å². The van der Waals surface area contributed by atoms with Crippen LogP contribution in [-0.4, -0.2) is 37.9 Å². The Labute approximate surface area is 163 Å². The van der Waals surface area contributed by atoms with Crippen LogP contribution in [0.1, 0.15) is 30.4 Å². The maximum absolute atomic E-state index is 13.1. The van der Waals surface area contributed by atoms with E-state index in [1.54, 1.807) is 0 Å². The van der Waals surface area contributed by atoms with E-state index in [-0.39, 0.29) is 11.7 Å². The van der Waals surface area contributed by atoms with Gasteiger partial charge in [0, 0.05) is 13.1 Å². The Bertz CT molecular complexity index is 743. The second-order valence-corrected chi connectivity index (χ2v) is 8.98. The molecule has 1 N–H and O–H groups in total. The van der Waals surface area contributed by atoms with Crippen molar-refractivity contribution in [3.8, 4) is 0 Å². The number of aliphatic carboxylic acids is 1. The van der Waals surface area contributed by atoms with Crippen LogP contribution >= 0.6 is 0 Å². The van der Waals surface area contributed by atoms with Crippen molar-refractivity contribution in [1.82, 2.24) is 4.31 Å². The zero-order valence-electron chi connectivity index (χ0n) is 15.5. The van der Waals surface area contributed by atoms with Gasteiger partial charge in [-0.3, -0.25) is 4.79 Å². The zero-order valence-corrected chi connectivity index (χ0v) is 16.3. The van der Waals surface area contributed by atoms with Gasteiger partial charge in [0.15, 0.2) is 0 Å². The monoisotopic (exact) mass is 385 g/mol. The van der Waals surface area contributed by atoms with Gasteiger partial charge in [0.25, 0.3) is 0 Å². The maximum Gasteiger partial charge on any atom is 0.304 e. The normalized spacial score (nSPS) is 18.1. The summed E-state index contributed by atoms with van der Waals surface area (Å²) < 4.78 is 15.1. The molecule has 1 aliphatic heterocycles. The lowest BCUT2D eigenvalue weighted by molar-refractivity contribution is -0.137. The molecule has 0 aliphatic carbocycles. The standard InChI is InChI=1S/C22H27NO3S/c24-22(25)17-21(16-19-9-5-2-6-10-19)27(26)23-13-11-20(12-14-23)15-18-7-3-1-4-8-18/h1-10,20-21H,11-17H2,(H,24,25). The van der Waals surface area contributed by atoms with Gasteiger partial charge in [-0.1, -0.05) is 60.7 Å². The number of piperidine rings is 1. The molecule has 1 saturated heterocycles. The van der Waals surface area contributed by atoms with E-state index in [1.807, 2.05) is 40.7 Å². The summed E-state index contributed by atoms with van der Waals surface area (Å²) >= 11 is 0. The quantitative estimate of drug-likeness (QED) is 0.754. The first-order valence-corrected chi connectivity index (χ1v) is 10.7. The predicted octanol–water partition coefficient (Wildman–Crippen LogP) is 3.69. The Kier molecular flexibility index (Phi) is 7.18. The minimum Gasteiger partial charge on any atom is -0.481 e. The molecule has 2 aromatic rings. The molecule has 0 saturated carbocycles. The Hall–Kier alpha value is -1.98. The molecule has 1 heterocycles. The van der Waals surface area contributed by atoms with E-state index in [1.165, 1.54) is 5.56 Å². The minimum atomic E-state index is -1.27. The topological polar surface area (TPSA) is 57.6 Å². The number of nitrogens with zero attached hydrogens (tertiary/aromatic N) is 1. The van der Waals surface area contributed by atoms with Crippen LogP contribution in [0.25, 0.3) is 0 Å². The van der Waals surface area contributed by atoms with Crippen molar-refractivity contribution in [1.29, 1.82) is 0 Å². The predicted molar refractivity (Wildman–Crippen MR) is 109 cm³/mol. The fraction of sp³-hybridized carbons (Fsp3) is 0.409. The molecule has 0 bridgehead atoms. The van der Waals surface area contributed by atoms with Gasteiger partial charge in [-0.05, 0) is 42.7 Å². The van der Waals surface area contributed by atoms with Crippen LogP contribution in [0, 0.1) is 5.92 Å². The van der Waals surface area contributed by atoms with Crippen LogP contribution in [0.2, 0.25) is 0 Å². The highest BCUT2D eigenvalue weighted by molar-refractivity contribution is 7.83. The summed E-state index contributed by atoms with van der Waals surface area (Å²) in [5.41, 5.74) is 2.39. The molecule has 4 nitrogen and oxygen atoms in total. The highest BCUT2D eigenvalue weighted by Gasteiger charge is 2.29. The molecule has 1 aliphatic rings. The first-order chi connectivity index (χ1) is 13.1. The average Bonchev–Trinajstić information content (AvgIpc) is 2.69. The van der Waals surface area contributed by atoms with Gasteiger partial charge in [0.05, 0.1) is 22.7 Å². The lowest BCUT2D eigenvalue weighted by atomic mass is 9.91. The number of carbonyl (C=O) groups is 1. The van der Waals surface area contributed by atoms with Gasteiger partial charge in [0.1, 0.15) is 0 Å². The summed E-state index contributed by atoms with van der Waals surface area (Å²) in [6, 6.07) is 20.2. The number of carboxylic acids is 1. The second-order valence-electron chi connectivity index (χ2n) is 7.25. The number of hydrogen-bond donors (Lipinski definition) is 1. The largest absolute Gasteiger partial charge is 0.481 e. The molecule has 0 spiro atoms. The molecule has 144 valence electrons. The molecule has 5 heteroatoms. The number of benzene rings is 2. The van der Waals surface area contributed by atoms with Crippen molar-refractivity contribution in [3.63, 3.8) is 0 Å².